The molecule has 1 aromatic carbocycles. The SMILES string of the molecule is CCc1ccc(CC)c([Se-])c1S. The molecule has 0 aliphatic heterocycles. The van der Waals surface area contributed by atoms with Gasteiger partial charge in [0.05, 0.1) is 0 Å². The molecule has 0 radical (unpaired) electrons. The molecular formula is C10H13SSe-. The Balaban J connectivity index is 3.20. The summed E-state index contributed by atoms with van der Waals surface area (Å²) in [5.74, 6) is 0. The normalized spacial score (nSPS) is 10.2. The first-order valence-electron chi connectivity index (χ1n) is 4.21. The Morgan fingerprint density at radius 2 is 1.67 bits per heavy atom. The van der Waals surface area contributed by atoms with Gasteiger partial charge in [-0.3, -0.25) is 0 Å². The predicted molar refractivity (Wildman–Crippen MR) is 57.8 cm³/mol. The molecule has 0 nitrogen and oxygen atoms in total. The number of hydrogen-bond acceptors (Lipinski definition) is 1. The fourth-order valence-corrected chi connectivity index (χ4v) is 2.31. The van der Waals surface area contributed by atoms with Crippen molar-refractivity contribution < 1.29 is 0 Å². The van der Waals surface area contributed by atoms with E-state index >= 15 is 0 Å². The first kappa shape index (κ1) is 10.2. The second kappa shape index (κ2) is 4.36. The molecule has 1 aromatic rings. The molecule has 0 unspecified atom stereocenters. The fourth-order valence-electron chi connectivity index (χ4n) is 1.22. The predicted octanol–water partition coefficient (Wildman–Crippen LogP) is 1.89. The van der Waals surface area contributed by atoms with Crippen LogP contribution in [0.3, 0.4) is 0 Å². The van der Waals surface area contributed by atoms with Crippen LogP contribution in [-0.2, 0) is 12.8 Å². The second-order valence-electron chi connectivity index (χ2n) is 2.77. The van der Waals surface area contributed by atoms with E-state index < -0.39 is 0 Å². The quantitative estimate of drug-likeness (QED) is 0.596. The van der Waals surface area contributed by atoms with Crippen molar-refractivity contribution in [2.24, 2.45) is 0 Å². The number of benzene rings is 1. The van der Waals surface area contributed by atoms with Gasteiger partial charge in [0.25, 0.3) is 0 Å². The average molecular weight is 244 g/mol. The molecule has 0 N–H and O–H groups in total. The second-order valence-corrected chi connectivity index (χ2v) is 4.07. The standard InChI is InChI=1S/C10H14SSe/c1-3-7-5-6-8(4-2)10(12)9(7)11/h5-6,11-12H,3-4H2,1-2H3/p-1. The van der Waals surface area contributed by atoms with Crippen LogP contribution >= 0.6 is 12.6 Å². The van der Waals surface area contributed by atoms with E-state index in [2.05, 4.69) is 54.6 Å². The Hall–Kier alpha value is 0.0895. The van der Waals surface area contributed by atoms with Gasteiger partial charge < -0.3 is 0 Å². The van der Waals surface area contributed by atoms with E-state index in [1.54, 1.807) is 0 Å². The van der Waals surface area contributed by atoms with Crippen molar-refractivity contribution in [3.05, 3.63) is 23.3 Å². The summed E-state index contributed by atoms with van der Waals surface area (Å²) in [6.45, 7) is 4.31. The number of aryl methyl sites for hydroxylation is 2. The monoisotopic (exact) mass is 245 g/mol. The maximum absolute atomic E-state index is 4.48. The molecule has 0 spiro atoms. The summed E-state index contributed by atoms with van der Waals surface area (Å²) in [7, 11) is 0. The van der Waals surface area contributed by atoms with Crippen LogP contribution in [0.25, 0.3) is 0 Å². The molecule has 0 bridgehead atoms. The van der Waals surface area contributed by atoms with Gasteiger partial charge in [0, 0.05) is 0 Å². The Morgan fingerprint density at radius 3 is 2.17 bits per heavy atom. The third-order valence-corrected chi connectivity index (χ3v) is 3.89. The van der Waals surface area contributed by atoms with Crippen molar-refractivity contribution in [2.75, 3.05) is 0 Å². The molecule has 2 heteroatoms. The van der Waals surface area contributed by atoms with Crippen molar-refractivity contribution in [1.82, 2.24) is 0 Å². The Bertz CT molecular complexity index is 252. The number of hydrogen-bond donors (Lipinski definition) is 1. The van der Waals surface area contributed by atoms with E-state index in [0.29, 0.717) is 0 Å². The molecule has 0 atom stereocenters. The fraction of sp³-hybridized carbons (Fsp3) is 0.400. The summed E-state index contributed by atoms with van der Waals surface area (Å²) < 4.78 is 1.22. The number of rotatable bonds is 2. The summed E-state index contributed by atoms with van der Waals surface area (Å²) in [6, 6.07) is 4.35. The summed E-state index contributed by atoms with van der Waals surface area (Å²) in [6.07, 6.45) is 2.12. The molecule has 12 heavy (non-hydrogen) atoms. The van der Waals surface area contributed by atoms with Gasteiger partial charge in [-0.1, -0.05) is 0 Å². The Kier molecular flexibility index (Phi) is 3.70. The average Bonchev–Trinajstić information content (AvgIpc) is 2.10. The molecule has 66 valence electrons. The van der Waals surface area contributed by atoms with E-state index in [-0.39, 0.29) is 0 Å². The van der Waals surface area contributed by atoms with Crippen LogP contribution in [0.15, 0.2) is 17.0 Å². The molecule has 0 saturated carbocycles. The zero-order valence-corrected chi connectivity index (χ0v) is 10.0. The van der Waals surface area contributed by atoms with Crippen LogP contribution in [0.5, 0.6) is 0 Å². The third kappa shape index (κ3) is 1.87. The molecular weight excluding hydrogens is 231 g/mol. The van der Waals surface area contributed by atoms with Crippen molar-refractivity contribution in [1.29, 1.82) is 0 Å². The Labute approximate surface area is 88.0 Å². The van der Waals surface area contributed by atoms with E-state index in [0.717, 1.165) is 17.7 Å². The molecule has 1 rings (SSSR count). The zero-order chi connectivity index (χ0) is 9.14. The van der Waals surface area contributed by atoms with Crippen LogP contribution in [-0.4, -0.2) is 16.0 Å². The van der Waals surface area contributed by atoms with Crippen molar-refractivity contribution >= 4 is 33.1 Å². The minimum absolute atomic E-state index is 1.05. The Morgan fingerprint density at radius 1 is 1.17 bits per heavy atom. The van der Waals surface area contributed by atoms with Gasteiger partial charge in [0.15, 0.2) is 0 Å². The molecule has 0 aromatic heterocycles. The van der Waals surface area contributed by atoms with E-state index in [4.69, 9.17) is 0 Å². The zero-order valence-electron chi connectivity index (χ0n) is 7.42. The molecule has 0 saturated heterocycles. The summed E-state index contributed by atoms with van der Waals surface area (Å²) in [5, 5.41) is 0. The topological polar surface area (TPSA) is 0 Å². The van der Waals surface area contributed by atoms with Crippen molar-refractivity contribution in [2.45, 2.75) is 31.6 Å². The molecule has 0 fully saturated rings. The van der Waals surface area contributed by atoms with E-state index in [1.807, 2.05) is 0 Å². The summed E-state index contributed by atoms with van der Waals surface area (Å²) in [4.78, 5) is 1.12. The van der Waals surface area contributed by atoms with Crippen LogP contribution in [0.1, 0.15) is 25.0 Å². The van der Waals surface area contributed by atoms with Gasteiger partial charge in [0.2, 0.25) is 0 Å². The van der Waals surface area contributed by atoms with Gasteiger partial charge in [-0.2, -0.15) is 0 Å². The summed E-state index contributed by atoms with van der Waals surface area (Å²) >= 11 is 7.57. The number of thiol groups is 1. The van der Waals surface area contributed by atoms with Gasteiger partial charge >= 0.3 is 87.9 Å². The van der Waals surface area contributed by atoms with Crippen LogP contribution in [0.2, 0.25) is 0 Å². The van der Waals surface area contributed by atoms with Crippen LogP contribution in [0, 0.1) is 0 Å². The first-order valence-corrected chi connectivity index (χ1v) is 5.51. The molecule has 0 aliphatic carbocycles. The first-order chi connectivity index (χ1) is 5.70. The molecule has 0 aliphatic rings. The van der Waals surface area contributed by atoms with Crippen LogP contribution < -0.4 is 4.46 Å². The van der Waals surface area contributed by atoms with Gasteiger partial charge in [-0.15, -0.1) is 0 Å². The van der Waals surface area contributed by atoms with E-state index in [9.17, 15) is 0 Å². The van der Waals surface area contributed by atoms with E-state index in [1.165, 1.54) is 15.6 Å². The molecule has 0 heterocycles. The van der Waals surface area contributed by atoms with Gasteiger partial charge in [0.1, 0.15) is 0 Å². The molecule has 0 amide bonds. The van der Waals surface area contributed by atoms with Crippen LogP contribution in [0.4, 0.5) is 0 Å². The van der Waals surface area contributed by atoms with Gasteiger partial charge in [-0.25, -0.2) is 0 Å². The summed E-state index contributed by atoms with van der Waals surface area (Å²) in [5.41, 5.74) is 2.68. The van der Waals surface area contributed by atoms with Crippen molar-refractivity contribution in [3.8, 4) is 0 Å². The maximum atomic E-state index is 4.48. The van der Waals surface area contributed by atoms with Gasteiger partial charge in [-0.05, 0) is 0 Å². The van der Waals surface area contributed by atoms with Crippen molar-refractivity contribution in [3.63, 3.8) is 0 Å². The third-order valence-electron chi connectivity index (χ3n) is 2.06. The minimum atomic E-state index is 1.05.